The largest absolute Gasteiger partial charge is 0.469 e. The van der Waals surface area contributed by atoms with Crippen molar-refractivity contribution < 1.29 is 9.53 Å². The summed E-state index contributed by atoms with van der Waals surface area (Å²) in [7, 11) is 3.30. The molecule has 2 aliphatic rings. The van der Waals surface area contributed by atoms with E-state index in [1.807, 2.05) is 7.05 Å². The third-order valence-electron chi connectivity index (χ3n) is 4.92. The Morgan fingerprint density at radius 2 is 1.83 bits per heavy atom. The van der Waals surface area contributed by atoms with E-state index < -0.39 is 0 Å². The summed E-state index contributed by atoms with van der Waals surface area (Å²) in [5.41, 5.74) is 0. The average Bonchev–Trinajstić information content (AvgIpc) is 3.11. The van der Waals surface area contributed by atoms with Crippen molar-refractivity contribution in [3.63, 3.8) is 0 Å². The summed E-state index contributed by atoms with van der Waals surface area (Å²) < 4.78 is 4.84. The molecule has 0 atom stereocenters. The highest BCUT2D eigenvalue weighted by Crippen LogP contribution is 2.18. The van der Waals surface area contributed by atoms with Gasteiger partial charge < -0.3 is 19.9 Å². The highest BCUT2D eigenvalue weighted by Gasteiger charge is 2.26. The number of aliphatic imine (C=N–C) groups is 1. The van der Waals surface area contributed by atoms with Gasteiger partial charge in [-0.1, -0.05) is 0 Å². The number of carbonyl (C=O) groups is 1. The van der Waals surface area contributed by atoms with Crippen LogP contribution in [0.15, 0.2) is 4.99 Å². The van der Waals surface area contributed by atoms with E-state index in [2.05, 4.69) is 20.1 Å². The fraction of sp³-hybridized carbons (Fsp3) is 0.882. The Morgan fingerprint density at radius 3 is 2.42 bits per heavy atom. The van der Waals surface area contributed by atoms with Crippen LogP contribution in [0.4, 0.5) is 0 Å². The lowest BCUT2D eigenvalue weighted by molar-refractivity contribution is -0.146. The number of nitrogens with one attached hydrogen (secondary N) is 1. The van der Waals surface area contributed by atoms with E-state index in [9.17, 15) is 4.79 Å². The minimum atomic E-state index is -0.0745. The lowest BCUT2D eigenvalue weighted by Gasteiger charge is -2.33. The Hall–Kier alpha value is -0.570. The Kier molecular flexibility index (Phi) is 10.6. The Balaban J connectivity index is 0.00000288. The molecular weight excluding hydrogens is 419 g/mol. The summed E-state index contributed by atoms with van der Waals surface area (Å²) in [5.74, 6) is 0.943. The first-order valence-corrected chi connectivity index (χ1v) is 9.00. The second kappa shape index (κ2) is 11.9. The van der Waals surface area contributed by atoms with Crippen LogP contribution in [0.3, 0.4) is 0 Å². The zero-order chi connectivity index (χ0) is 16.5. The molecule has 6 nitrogen and oxygen atoms in total. The van der Waals surface area contributed by atoms with Crippen molar-refractivity contribution >= 4 is 35.9 Å². The highest BCUT2D eigenvalue weighted by molar-refractivity contribution is 14.0. The summed E-state index contributed by atoms with van der Waals surface area (Å²) in [4.78, 5) is 20.8. The number of likely N-dealkylation sites (tertiary alicyclic amines) is 2. The van der Waals surface area contributed by atoms with Crippen molar-refractivity contribution in [2.45, 2.75) is 38.5 Å². The van der Waals surface area contributed by atoms with Crippen molar-refractivity contribution in [3.8, 4) is 0 Å². The SMILES string of the molecule is CN=C(NCCCCN1CCCC1)N1CCC(C(=O)OC)CC1.I. The minimum Gasteiger partial charge on any atom is -0.469 e. The number of unbranched alkanes of at least 4 members (excludes halogenated alkanes) is 1. The third kappa shape index (κ3) is 6.74. The molecule has 2 fully saturated rings. The molecule has 0 aromatic heterocycles. The van der Waals surface area contributed by atoms with E-state index in [0.717, 1.165) is 38.4 Å². The summed E-state index contributed by atoms with van der Waals surface area (Å²) in [6, 6.07) is 0. The minimum absolute atomic E-state index is 0. The van der Waals surface area contributed by atoms with Crippen LogP contribution in [-0.4, -0.2) is 75.2 Å². The van der Waals surface area contributed by atoms with E-state index in [4.69, 9.17) is 4.74 Å². The van der Waals surface area contributed by atoms with Crippen LogP contribution in [0.5, 0.6) is 0 Å². The van der Waals surface area contributed by atoms with Gasteiger partial charge in [0, 0.05) is 26.7 Å². The molecule has 0 aromatic rings. The average molecular weight is 452 g/mol. The van der Waals surface area contributed by atoms with Gasteiger partial charge in [-0.15, -0.1) is 24.0 Å². The predicted octanol–water partition coefficient (Wildman–Crippen LogP) is 1.94. The summed E-state index contributed by atoms with van der Waals surface area (Å²) in [6.45, 7) is 6.50. The van der Waals surface area contributed by atoms with Gasteiger partial charge in [-0.3, -0.25) is 9.79 Å². The smallest absolute Gasteiger partial charge is 0.308 e. The second-order valence-corrected chi connectivity index (χ2v) is 6.51. The van der Waals surface area contributed by atoms with Crippen molar-refractivity contribution in [1.82, 2.24) is 15.1 Å². The maximum atomic E-state index is 11.6. The first kappa shape index (κ1) is 21.5. The van der Waals surface area contributed by atoms with Crippen LogP contribution < -0.4 is 5.32 Å². The number of ether oxygens (including phenoxy) is 1. The molecule has 0 spiro atoms. The van der Waals surface area contributed by atoms with E-state index in [0.29, 0.717) is 0 Å². The number of esters is 1. The Bertz CT molecular complexity index is 392. The van der Waals surface area contributed by atoms with Crippen LogP contribution in [0.1, 0.15) is 38.5 Å². The van der Waals surface area contributed by atoms with Crippen molar-refractivity contribution in [1.29, 1.82) is 0 Å². The van der Waals surface area contributed by atoms with Crippen LogP contribution in [0.2, 0.25) is 0 Å². The van der Waals surface area contributed by atoms with Gasteiger partial charge in [0.05, 0.1) is 13.0 Å². The maximum absolute atomic E-state index is 11.6. The highest BCUT2D eigenvalue weighted by atomic mass is 127. The number of nitrogens with zero attached hydrogens (tertiary/aromatic N) is 3. The lowest BCUT2D eigenvalue weighted by atomic mass is 9.97. The monoisotopic (exact) mass is 452 g/mol. The summed E-state index contributed by atoms with van der Waals surface area (Å²) in [6.07, 6.45) is 6.85. The van der Waals surface area contributed by atoms with Gasteiger partial charge in [-0.25, -0.2) is 0 Å². The summed E-state index contributed by atoms with van der Waals surface area (Å²) >= 11 is 0. The van der Waals surface area contributed by atoms with Crippen molar-refractivity contribution in [2.75, 3.05) is 53.4 Å². The molecule has 0 unspecified atom stereocenters. The molecule has 2 rings (SSSR count). The molecule has 0 saturated carbocycles. The molecule has 140 valence electrons. The summed E-state index contributed by atoms with van der Waals surface area (Å²) in [5, 5.41) is 3.46. The zero-order valence-electron chi connectivity index (χ0n) is 15.1. The lowest BCUT2D eigenvalue weighted by Crippen LogP contribution is -2.46. The maximum Gasteiger partial charge on any atom is 0.308 e. The van der Waals surface area contributed by atoms with E-state index in [-0.39, 0.29) is 35.9 Å². The van der Waals surface area contributed by atoms with Gasteiger partial charge in [0.2, 0.25) is 0 Å². The molecule has 2 heterocycles. The molecule has 0 radical (unpaired) electrons. The van der Waals surface area contributed by atoms with Crippen LogP contribution in [0.25, 0.3) is 0 Å². The normalized spacial score (nSPS) is 19.9. The fourth-order valence-corrected chi connectivity index (χ4v) is 3.49. The number of hydrogen-bond donors (Lipinski definition) is 1. The molecule has 7 heteroatoms. The number of halogens is 1. The molecule has 2 saturated heterocycles. The van der Waals surface area contributed by atoms with E-state index in [1.165, 1.54) is 52.4 Å². The van der Waals surface area contributed by atoms with E-state index >= 15 is 0 Å². The number of carbonyl (C=O) groups excluding carboxylic acids is 1. The molecular formula is C17H33IN4O2. The predicted molar refractivity (Wildman–Crippen MR) is 108 cm³/mol. The quantitative estimate of drug-likeness (QED) is 0.220. The van der Waals surface area contributed by atoms with Gasteiger partial charge in [-0.2, -0.15) is 0 Å². The van der Waals surface area contributed by atoms with Crippen LogP contribution in [-0.2, 0) is 9.53 Å². The van der Waals surface area contributed by atoms with Gasteiger partial charge in [0.25, 0.3) is 0 Å². The number of rotatable bonds is 6. The number of piperidine rings is 1. The van der Waals surface area contributed by atoms with Gasteiger partial charge >= 0.3 is 5.97 Å². The van der Waals surface area contributed by atoms with E-state index in [1.54, 1.807) is 0 Å². The fourth-order valence-electron chi connectivity index (χ4n) is 3.49. The molecule has 0 aliphatic carbocycles. The zero-order valence-corrected chi connectivity index (χ0v) is 17.5. The van der Waals surface area contributed by atoms with Gasteiger partial charge in [-0.05, 0) is 58.2 Å². The topological polar surface area (TPSA) is 57.2 Å². The first-order valence-electron chi connectivity index (χ1n) is 9.00. The molecule has 24 heavy (non-hydrogen) atoms. The van der Waals surface area contributed by atoms with Crippen molar-refractivity contribution in [2.24, 2.45) is 10.9 Å². The van der Waals surface area contributed by atoms with Crippen molar-refractivity contribution in [3.05, 3.63) is 0 Å². The first-order chi connectivity index (χ1) is 11.2. The third-order valence-corrected chi connectivity index (χ3v) is 4.92. The Morgan fingerprint density at radius 1 is 1.17 bits per heavy atom. The molecule has 0 amide bonds. The molecule has 0 bridgehead atoms. The number of hydrogen-bond acceptors (Lipinski definition) is 4. The number of methoxy groups -OCH3 is 1. The standard InChI is InChI=1S/C17H32N4O2.HI/c1-18-17(19-9-3-4-10-20-11-5-6-12-20)21-13-7-15(8-14-21)16(22)23-2;/h15H,3-14H2,1-2H3,(H,18,19);1H. The molecule has 1 N–H and O–H groups in total. The van der Waals surface area contributed by atoms with Crippen LogP contribution >= 0.6 is 24.0 Å². The number of guanidine groups is 1. The van der Waals surface area contributed by atoms with Gasteiger partial charge in [0.1, 0.15) is 0 Å². The Labute approximate surface area is 163 Å². The van der Waals surface area contributed by atoms with Crippen LogP contribution in [0, 0.1) is 5.92 Å². The molecule has 2 aliphatic heterocycles. The van der Waals surface area contributed by atoms with Gasteiger partial charge in [0.15, 0.2) is 5.96 Å². The second-order valence-electron chi connectivity index (χ2n) is 6.51. The molecule has 0 aromatic carbocycles.